The van der Waals surface area contributed by atoms with Gasteiger partial charge in [-0.2, -0.15) is 0 Å². The van der Waals surface area contributed by atoms with Crippen LogP contribution in [-0.2, 0) is 23.5 Å². The number of carbonyl (C=O) groups is 2. The molecule has 154 valence electrons. The zero-order chi connectivity index (χ0) is 21.0. The predicted molar refractivity (Wildman–Crippen MR) is 112 cm³/mol. The minimum absolute atomic E-state index is 0.0347. The largest absolute Gasteiger partial charge is 0.444 e. The Hall–Kier alpha value is -0.863. The molecule has 26 heavy (non-hydrogen) atoms. The average Bonchev–Trinajstić information content (AvgIpc) is 2.29. The SMILES string of the molecule is CC(C)(C)OC(=O)NC[C@@H](CC(=O)C=S(C)(C)=O)O[Si](C)(C)C(C)(C)C. The highest BCUT2D eigenvalue weighted by Gasteiger charge is 2.39. The predicted octanol–water partition coefficient (Wildman–Crippen LogP) is 3.21. The van der Waals surface area contributed by atoms with Crippen LogP contribution in [0.15, 0.2) is 0 Å². The van der Waals surface area contributed by atoms with Gasteiger partial charge >= 0.3 is 6.09 Å². The number of nitrogens with one attached hydrogen (secondary N) is 1. The van der Waals surface area contributed by atoms with Crippen molar-refractivity contribution in [3.63, 3.8) is 0 Å². The zero-order valence-corrected chi connectivity index (χ0v) is 19.8. The molecule has 0 spiro atoms. The summed E-state index contributed by atoms with van der Waals surface area (Å²) in [5, 5.41) is 3.90. The number of hydrogen-bond donors (Lipinski definition) is 1. The Labute approximate surface area is 160 Å². The maximum atomic E-state index is 12.2. The van der Waals surface area contributed by atoms with Gasteiger partial charge in [-0.3, -0.25) is 9.00 Å². The van der Waals surface area contributed by atoms with Crippen molar-refractivity contribution >= 4 is 35.1 Å². The van der Waals surface area contributed by atoms with Crippen LogP contribution in [0.3, 0.4) is 0 Å². The number of ether oxygens (including phenoxy) is 1. The van der Waals surface area contributed by atoms with Crippen molar-refractivity contribution in [3.05, 3.63) is 0 Å². The third-order valence-corrected chi connectivity index (χ3v) is 9.35. The molecule has 0 aliphatic rings. The molecular formula is C18H37NO5SSi. The molecule has 6 nitrogen and oxygen atoms in total. The lowest BCUT2D eigenvalue weighted by molar-refractivity contribution is -0.114. The second-order valence-electron chi connectivity index (χ2n) is 9.48. The number of rotatable bonds is 7. The molecule has 0 aliphatic carbocycles. The summed E-state index contributed by atoms with van der Waals surface area (Å²) in [5.74, 6) is -0.241. The Morgan fingerprint density at radius 2 is 1.62 bits per heavy atom. The van der Waals surface area contributed by atoms with E-state index in [0.717, 1.165) is 0 Å². The fourth-order valence-corrected chi connectivity index (χ4v) is 3.93. The lowest BCUT2D eigenvalue weighted by atomic mass is 10.2. The van der Waals surface area contributed by atoms with E-state index in [1.54, 1.807) is 20.8 Å². The average molecular weight is 408 g/mol. The molecule has 1 amide bonds. The first-order valence-corrected chi connectivity index (χ1v) is 14.1. The highest BCUT2D eigenvalue weighted by atomic mass is 32.2. The Bertz CT molecular complexity index is 614. The first-order valence-electron chi connectivity index (χ1n) is 8.79. The molecule has 0 fully saturated rings. The van der Waals surface area contributed by atoms with Gasteiger partial charge in [0, 0.05) is 30.8 Å². The number of amides is 1. The molecule has 1 N–H and O–H groups in total. The number of carbonyl (C=O) groups excluding carboxylic acids is 2. The minimum atomic E-state index is -2.28. The van der Waals surface area contributed by atoms with Crippen LogP contribution in [0, 0.1) is 0 Å². The van der Waals surface area contributed by atoms with Crippen LogP contribution in [0.2, 0.25) is 18.1 Å². The van der Waals surface area contributed by atoms with E-state index in [-0.39, 0.29) is 23.8 Å². The summed E-state index contributed by atoms with van der Waals surface area (Å²) in [7, 11) is -4.42. The highest BCUT2D eigenvalue weighted by molar-refractivity contribution is 8.01. The summed E-state index contributed by atoms with van der Waals surface area (Å²) in [5.41, 5.74) is -0.598. The van der Waals surface area contributed by atoms with Crippen molar-refractivity contribution in [1.82, 2.24) is 5.32 Å². The Morgan fingerprint density at radius 1 is 1.12 bits per heavy atom. The van der Waals surface area contributed by atoms with E-state index in [0.29, 0.717) is 0 Å². The second-order valence-corrected chi connectivity index (χ2v) is 17.1. The zero-order valence-electron chi connectivity index (χ0n) is 18.0. The molecule has 0 bridgehead atoms. The summed E-state index contributed by atoms with van der Waals surface area (Å²) in [6, 6.07) is 0. The van der Waals surface area contributed by atoms with Gasteiger partial charge < -0.3 is 14.5 Å². The van der Waals surface area contributed by atoms with Crippen LogP contribution in [0.1, 0.15) is 48.0 Å². The third kappa shape index (κ3) is 11.0. The van der Waals surface area contributed by atoms with Gasteiger partial charge in [-0.25, -0.2) is 4.79 Å². The van der Waals surface area contributed by atoms with Gasteiger partial charge in [-0.1, -0.05) is 20.8 Å². The summed E-state index contributed by atoms with van der Waals surface area (Å²) in [6.07, 6.45) is 2.07. The van der Waals surface area contributed by atoms with Gasteiger partial charge in [0.2, 0.25) is 0 Å². The summed E-state index contributed by atoms with van der Waals surface area (Å²) < 4.78 is 23.4. The number of ketones is 1. The van der Waals surface area contributed by atoms with Crippen molar-refractivity contribution < 1.29 is 23.0 Å². The molecule has 0 aromatic rings. The van der Waals surface area contributed by atoms with Crippen molar-refractivity contribution in [2.45, 2.75) is 77.8 Å². The molecule has 0 unspecified atom stereocenters. The van der Waals surface area contributed by atoms with Crippen molar-refractivity contribution in [2.75, 3.05) is 19.1 Å². The Kier molecular flexibility index (Phi) is 8.59. The van der Waals surface area contributed by atoms with Crippen molar-refractivity contribution in [2.24, 2.45) is 0 Å². The molecule has 0 rings (SSSR count). The molecular weight excluding hydrogens is 370 g/mol. The summed E-state index contributed by atoms with van der Waals surface area (Å²) >= 11 is 0. The summed E-state index contributed by atoms with van der Waals surface area (Å²) in [4.78, 5) is 24.2. The quantitative estimate of drug-likeness (QED) is 0.518. The first-order chi connectivity index (χ1) is 11.3. The fraction of sp³-hybridized carbons (Fsp3) is 0.833. The summed E-state index contributed by atoms with van der Waals surface area (Å²) in [6.45, 7) is 16.0. The van der Waals surface area contributed by atoms with Gasteiger partial charge in [0.05, 0.1) is 6.10 Å². The maximum absolute atomic E-state index is 12.2. The number of hydrogen-bond acceptors (Lipinski definition) is 5. The van der Waals surface area contributed by atoms with Crippen molar-refractivity contribution in [1.29, 1.82) is 0 Å². The molecule has 0 aromatic carbocycles. The Morgan fingerprint density at radius 3 is 2.00 bits per heavy atom. The molecule has 1 atom stereocenters. The number of alkyl carbamates (subject to hydrolysis) is 1. The van der Waals surface area contributed by atoms with Gasteiger partial charge in [0.25, 0.3) is 0 Å². The molecule has 0 aliphatic heterocycles. The van der Waals surface area contributed by atoms with Gasteiger partial charge in [0.15, 0.2) is 14.1 Å². The lowest BCUT2D eigenvalue weighted by Gasteiger charge is -2.39. The topological polar surface area (TPSA) is 81.7 Å². The fourth-order valence-electron chi connectivity index (χ4n) is 1.85. The van der Waals surface area contributed by atoms with Crippen LogP contribution in [0.4, 0.5) is 4.79 Å². The van der Waals surface area contributed by atoms with Crippen LogP contribution < -0.4 is 5.32 Å². The standard InChI is InChI=1S/C18H37NO5SSi/c1-17(2,3)23-16(21)19-12-15(11-14(20)13-25(7,8)22)24-26(9,10)18(4,5)6/h13,15H,11-12H2,1-10H3,(H,19,21)/t15-/m1/s1. The van der Waals surface area contributed by atoms with Crippen molar-refractivity contribution in [3.8, 4) is 0 Å². The van der Waals surface area contributed by atoms with Crippen LogP contribution in [0.25, 0.3) is 0 Å². The molecule has 8 heteroatoms. The second kappa shape index (κ2) is 8.88. The maximum Gasteiger partial charge on any atom is 0.407 e. The lowest BCUT2D eigenvalue weighted by Crippen LogP contribution is -2.48. The van der Waals surface area contributed by atoms with E-state index in [2.05, 4.69) is 39.2 Å². The molecule has 0 radical (unpaired) electrons. The van der Waals surface area contributed by atoms with Gasteiger partial charge in [-0.05, 0) is 48.4 Å². The van der Waals surface area contributed by atoms with Crippen LogP contribution >= 0.6 is 0 Å². The Balaban J connectivity index is 5.21. The number of Topliss-reactive ketones (excluding diaryl/α,β-unsaturated/α-hetero) is 1. The van der Waals surface area contributed by atoms with E-state index in [4.69, 9.17) is 9.16 Å². The van der Waals surface area contributed by atoms with E-state index < -0.39 is 35.6 Å². The first kappa shape index (κ1) is 25.1. The van der Waals surface area contributed by atoms with E-state index in [1.807, 2.05) is 0 Å². The van der Waals surface area contributed by atoms with Gasteiger partial charge in [0.1, 0.15) is 5.60 Å². The van der Waals surface area contributed by atoms with Crippen LogP contribution in [0.5, 0.6) is 0 Å². The molecule has 0 saturated heterocycles. The van der Waals surface area contributed by atoms with E-state index in [9.17, 15) is 13.8 Å². The molecule has 0 saturated carbocycles. The molecule has 0 aromatic heterocycles. The smallest absolute Gasteiger partial charge is 0.407 e. The van der Waals surface area contributed by atoms with E-state index >= 15 is 0 Å². The normalized spacial score (nSPS) is 14.5. The van der Waals surface area contributed by atoms with E-state index in [1.165, 1.54) is 17.9 Å². The molecule has 0 heterocycles. The third-order valence-electron chi connectivity index (χ3n) is 3.98. The highest BCUT2D eigenvalue weighted by Crippen LogP contribution is 2.37. The van der Waals surface area contributed by atoms with Gasteiger partial charge in [-0.15, -0.1) is 0 Å². The minimum Gasteiger partial charge on any atom is -0.444 e. The monoisotopic (exact) mass is 407 g/mol. The van der Waals surface area contributed by atoms with Crippen LogP contribution in [-0.4, -0.2) is 60.5 Å².